The monoisotopic (exact) mass is 958 g/mol. The maximum absolute atomic E-state index is 12.5. The van der Waals surface area contributed by atoms with E-state index in [0.717, 1.165) is 25.7 Å². The molecule has 0 heterocycles. The van der Waals surface area contributed by atoms with Crippen LogP contribution in [0.4, 0.5) is 0 Å². The van der Waals surface area contributed by atoms with Crippen LogP contribution in [0, 0.1) is 0 Å². The van der Waals surface area contributed by atoms with E-state index in [0.29, 0.717) is 6.42 Å². The van der Waals surface area contributed by atoms with Gasteiger partial charge in [0.25, 0.3) is 0 Å². The molecule has 0 aromatic heterocycles. The summed E-state index contributed by atoms with van der Waals surface area (Å²) in [7, 11) is 0. The predicted molar refractivity (Wildman–Crippen MR) is 304 cm³/mol. The molecule has 0 fully saturated rings. The van der Waals surface area contributed by atoms with E-state index < -0.39 is 12.1 Å². The number of carbonyl (C=O) groups is 1. The van der Waals surface area contributed by atoms with Crippen molar-refractivity contribution in [3.63, 3.8) is 0 Å². The number of amides is 1. The molecule has 4 heteroatoms. The van der Waals surface area contributed by atoms with Crippen LogP contribution in [-0.4, -0.2) is 34.9 Å². The third-order valence-electron chi connectivity index (χ3n) is 15.3. The van der Waals surface area contributed by atoms with Crippen LogP contribution in [0.5, 0.6) is 0 Å². The number of rotatable bonds is 60. The zero-order valence-electron chi connectivity index (χ0n) is 46.9. The van der Waals surface area contributed by atoms with Crippen LogP contribution in [0.25, 0.3) is 0 Å². The molecular formula is C64H127NO3. The molecule has 0 aliphatic heterocycles. The maximum atomic E-state index is 12.5. The second-order valence-corrected chi connectivity index (χ2v) is 22.2. The van der Waals surface area contributed by atoms with Crippen molar-refractivity contribution in [3.05, 3.63) is 12.2 Å². The summed E-state index contributed by atoms with van der Waals surface area (Å²) in [6, 6.07) is -0.618. The van der Waals surface area contributed by atoms with E-state index in [1.54, 1.807) is 6.08 Å². The first-order valence-electron chi connectivity index (χ1n) is 31.9. The maximum Gasteiger partial charge on any atom is 0.220 e. The second kappa shape index (κ2) is 60.4. The Bertz CT molecular complexity index is 952. The Morgan fingerprint density at radius 2 is 0.544 bits per heavy atom. The summed E-state index contributed by atoms with van der Waals surface area (Å²) < 4.78 is 0. The highest BCUT2D eigenvalue weighted by atomic mass is 16.3. The van der Waals surface area contributed by atoms with E-state index in [2.05, 4.69) is 19.2 Å². The molecule has 0 aliphatic carbocycles. The first kappa shape index (κ1) is 67.1. The minimum Gasteiger partial charge on any atom is -0.394 e. The summed E-state index contributed by atoms with van der Waals surface area (Å²) >= 11 is 0. The van der Waals surface area contributed by atoms with Crippen molar-refractivity contribution in [2.45, 2.75) is 386 Å². The highest BCUT2D eigenvalue weighted by Gasteiger charge is 2.18. The lowest BCUT2D eigenvalue weighted by Gasteiger charge is -2.20. The fourth-order valence-corrected chi connectivity index (χ4v) is 10.4. The Morgan fingerprint density at radius 1 is 0.338 bits per heavy atom. The van der Waals surface area contributed by atoms with Gasteiger partial charge in [-0.15, -0.1) is 0 Å². The zero-order chi connectivity index (χ0) is 49.2. The number of unbranched alkanes of at least 4 members (excludes halogenated alkanes) is 53. The van der Waals surface area contributed by atoms with Crippen LogP contribution in [0.2, 0.25) is 0 Å². The van der Waals surface area contributed by atoms with Gasteiger partial charge in [-0.25, -0.2) is 0 Å². The van der Waals surface area contributed by atoms with Crippen LogP contribution in [0.1, 0.15) is 373 Å². The van der Waals surface area contributed by atoms with Gasteiger partial charge < -0.3 is 15.5 Å². The van der Waals surface area contributed by atoms with Gasteiger partial charge in [-0.1, -0.05) is 360 Å². The van der Waals surface area contributed by atoms with Gasteiger partial charge in [-0.05, 0) is 19.3 Å². The first-order chi connectivity index (χ1) is 33.7. The van der Waals surface area contributed by atoms with Gasteiger partial charge in [0, 0.05) is 6.42 Å². The minimum atomic E-state index is -0.835. The van der Waals surface area contributed by atoms with Gasteiger partial charge in [0.15, 0.2) is 0 Å². The lowest BCUT2D eigenvalue weighted by Crippen LogP contribution is -2.45. The predicted octanol–water partition coefficient (Wildman–Crippen LogP) is 21.3. The Kier molecular flexibility index (Phi) is 59.7. The lowest BCUT2D eigenvalue weighted by atomic mass is 10.0. The molecule has 0 aromatic carbocycles. The molecule has 0 aromatic rings. The zero-order valence-corrected chi connectivity index (χ0v) is 46.9. The summed E-state index contributed by atoms with van der Waals surface area (Å²) in [5.74, 6) is -0.0551. The Labute approximate surface area is 428 Å². The summed E-state index contributed by atoms with van der Waals surface area (Å²) in [5.41, 5.74) is 0. The van der Waals surface area contributed by atoms with Gasteiger partial charge in [0.2, 0.25) is 5.91 Å². The smallest absolute Gasteiger partial charge is 0.220 e. The lowest BCUT2D eigenvalue weighted by molar-refractivity contribution is -0.123. The largest absolute Gasteiger partial charge is 0.394 e. The molecule has 3 N–H and O–H groups in total. The van der Waals surface area contributed by atoms with E-state index in [4.69, 9.17) is 0 Å². The third-order valence-corrected chi connectivity index (χ3v) is 15.3. The topological polar surface area (TPSA) is 69.6 Å². The van der Waals surface area contributed by atoms with Crippen molar-refractivity contribution in [2.24, 2.45) is 0 Å². The van der Waals surface area contributed by atoms with Crippen LogP contribution < -0.4 is 5.32 Å². The number of nitrogens with one attached hydrogen (secondary N) is 1. The van der Waals surface area contributed by atoms with Crippen LogP contribution in [0.15, 0.2) is 12.2 Å². The van der Waals surface area contributed by atoms with E-state index >= 15 is 0 Å². The molecule has 1 amide bonds. The first-order valence-corrected chi connectivity index (χ1v) is 31.9. The molecule has 4 nitrogen and oxygen atoms in total. The normalized spacial score (nSPS) is 12.7. The summed E-state index contributed by atoms with van der Waals surface area (Å²) in [5, 5.41) is 23.2. The van der Waals surface area contributed by atoms with E-state index in [1.165, 1.54) is 327 Å². The average molecular weight is 959 g/mol. The molecule has 0 rings (SSSR count). The molecule has 0 saturated carbocycles. The average Bonchev–Trinajstić information content (AvgIpc) is 3.34. The number of hydrogen-bond acceptors (Lipinski definition) is 3. The standard InChI is InChI=1S/C64H127NO3/c1-3-5-7-9-11-13-15-17-19-21-22-23-24-25-26-27-28-29-30-31-32-33-34-35-36-37-38-39-40-41-42-44-46-48-50-52-54-56-58-60-64(68)65-62(61-66)63(67)59-57-55-53-51-49-47-45-43-20-18-16-14-12-10-8-6-4-2/h57,59,62-63,66-67H,3-56,58,60-61H2,1-2H3,(H,65,68)/b59-57+. The van der Waals surface area contributed by atoms with Gasteiger partial charge in [0.1, 0.15) is 0 Å². The number of hydrogen-bond donors (Lipinski definition) is 3. The summed E-state index contributed by atoms with van der Waals surface area (Å²) in [6.07, 6.45) is 80.0. The SMILES string of the molecule is CCCCCCCCCCCCCCCCC/C=C/C(O)C(CO)NC(=O)CCCCCCCCCCCCCCCCCCCCCCCCCCCCCCCCCCCCCCCCC. The number of aliphatic hydroxyl groups is 2. The van der Waals surface area contributed by atoms with Gasteiger partial charge in [-0.3, -0.25) is 4.79 Å². The second-order valence-electron chi connectivity index (χ2n) is 22.2. The molecule has 0 spiro atoms. The quantitative estimate of drug-likeness (QED) is 0.0420. The summed E-state index contributed by atoms with van der Waals surface area (Å²) in [6.45, 7) is 4.35. The fraction of sp³-hybridized carbons (Fsp3) is 0.953. The highest BCUT2D eigenvalue weighted by Crippen LogP contribution is 2.19. The Hall–Kier alpha value is -0.870. The molecule has 406 valence electrons. The van der Waals surface area contributed by atoms with Crippen molar-refractivity contribution in [3.8, 4) is 0 Å². The molecule has 2 unspecified atom stereocenters. The van der Waals surface area contributed by atoms with Gasteiger partial charge in [-0.2, -0.15) is 0 Å². The van der Waals surface area contributed by atoms with Crippen molar-refractivity contribution >= 4 is 5.91 Å². The molecule has 0 aliphatic rings. The molecule has 0 saturated heterocycles. The number of aliphatic hydroxyl groups excluding tert-OH is 2. The minimum absolute atomic E-state index is 0.0551. The molecule has 0 bridgehead atoms. The van der Waals surface area contributed by atoms with Crippen LogP contribution in [0.3, 0.4) is 0 Å². The number of carbonyl (C=O) groups excluding carboxylic acids is 1. The fourth-order valence-electron chi connectivity index (χ4n) is 10.4. The van der Waals surface area contributed by atoms with Gasteiger partial charge in [0.05, 0.1) is 18.8 Å². The van der Waals surface area contributed by atoms with Crippen LogP contribution >= 0.6 is 0 Å². The van der Waals surface area contributed by atoms with E-state index in [1.807, 2.05) is 6.08 Å². The molecule has 0 radical (unpaired) electrons. The van der Waals surface area contributed by atoms with Crippen molar-refractivity contribution < 1.29 is 15.0 Å². The molecule has 68 heavy (non-hydrogen) atoms. The van der Waals surface area contributed by atoms with Crippen molar-refractivity contribution in [1.29, 1.82) is 0 Å². The van der Waals surface area contributed by atoms with E-state index in [-0.39, 0.29) is 12.5 Å². The van der Waals surface area contributed by atoms with Gasteiger partial charge >= 0.3 is 0 Å². The number of allylic oxidation sites excluding steroid dienone is 1. The van der Waals surface area contributed by atoms with Crippen LogP contribution in [-0.2, 0) is 4.79 Å². The third kappa shape index (κ3) is 56.0. The van der Waals surface area contributed by atoms with Crippen molar-refractivity contribution in [1.82, 2.24) is 5.32 Å². The Balaban J connectivity index is 3.35. The molecular weight excluding hydrogens is 831 g/mol. The van der Waals surface area contributed by atoms with E-state index in [9.17, 15) is 15.0 Å². The van der Waals surface area contributed by atoms with Crippen molar-refractivity contribution in [2.75, 3.05) is 6.61 Å². The Morgan fingerprint density at radius 3 is 0.765 bits per heavy atom. The highest BCUT2D eigenvalue weighted by molar-refractivity contribution is 5.76. The molecule has 2 atom stereocenters. The summed E-state index contributed by atoms with van der Waals surface area (Å²) in [4.78, 5) is 12.5.